The first-order valence-corrected chi connectivity index (χ1v) is 14.3. The van der Waals surface area contributed by atoms with Gasteiger partial charge in [-0.1, -0.05) is 55.8 Å². The smallest absolute Gasteiger partial charge is 0.477 e. The van der Waals surface area contributed by atoms with Crippen molar-refractivity contribution in [3.05, 3.63) is 93.2 Å². The summed E-state index contributed by atoms with van der Waals surface area (Å²) in [5, 5.41) is 24.7. The first-order valence-electron chi connectivity index (χ1n) is 14.3. The summed E-state index contributed by atoms with van der Waals surface area (Å²) in [5.74, 6) is -1.84. The molecule has 230 valence electrons. The summed E-state index contributed by atoms with van der Waals surface area (Å²) >= 11 is 0. The third-order valence-electron chi connectivity index (χ3n) is 7.30. The minimum Gasteiger partial charge on any atom is -0.477 e. The van der Waals surface area contributed by atoms with Gasteiger partial charge in [-0.15, -0.1) is 0 Å². The summed E-state index contributed by atoms with van der Waals surface area (Å²) < 4.78 is 16.0. The molecule has 0 amide bonds. The number of hydrogen-bond donors (Lipinski definition) is 3. The Kier molecular flexibility index (Phi) is 8.65. The first kappa shape index (κ1) is 31.6. The van der Waals surface area contributed by atoms with E-state index in [1.165, 1.54) is 13.8 Å². The lowest BCUT2D eigenvalue weighted by Crippen LogP contribution is -2.55. The van der Waals surface area contributed by atoms with Crippen LogP contribution in [0.1, 0.15) is 81.8 Å². The van der Waals surface area contributed by atoms with Crippen LogP contribution in [0.4, 0.5) is 0 Å². The van der Waals surface area contributed by atoms with Crippen LogP contribution in [0.2, 0.25) is 0 Å². The lowest BCUT2D eigenvalue weighted by atomic mass is 9.94. The molecule has 1 aliphatic heterocycles. The number of carbonyl (C=O) groups excluding carboxylic acids is 1. The Labute approximate surface area is 251 Å². The molecule has 0 saturated carbocycles. The van der Waals surface area contributed by atoms with E-state index in [1.807, 2.05) is 64.1 Å². The predicted molar refractivity (Wildman–Crippen MR) is 160 cm³/mol. The standard InChI is InChI=1S/C33H40N2O8/c1-8-17-33(18-25-20(2)41-30(39)42-25)34-27(32(6,7)40)26(28(36)37)35(33)19-21-13-15-22(16-14-21)23-11-9-10-12-24(23)29(38)43-31(3,4)5/h9-16,34,40H,8,17-19H2,1-7H3,(H,36,37). The van der Waals surface area contributed by atoms with Crippen molar-refractivity contribution in [1.29, 1.82) is 0 Å². The fourth-order valence-corrected chi connectivity index (χ4v) is 5.46. The summed E-state index contributed by atoms with van der Waals surface area (Å²) in [4.78, 5) is 39.2. The average Bonchev–Trinajstić information content (AvgIpc) is 3.39. The molecule has 1 unspecified atom stereocenters. The van der Waals surface area contributed by atoms with E-state index < -0.39 is 34.6 Å². The summed E-state index contributed by atoms with van der Waals surface area (Å²) in [5.41, 5.74) is -0.325. The fraction of sp³-hybridized carbons (Fsp3) is 0.424. The molecule has 1 atom stereocenters. The van der Waals surface area contributed by atoms with Crippen molar-refractivity contribution in [1.82, 2.24) is 10.2 Å². The Hall–Kier alpha value is -4.31. The molecular weight excluding hydrogens is 552 g/mol. The molecule has 1 aromatic heterocycles. The maximum Gasteiger partial charge on any atom is 0.519 e. The Morgan fingerprint density at radius 1 is 1.02 bits per heavy atom. The van der Waals surface area contributed by atoms with Crippen molar-refractivity contribution in [3.8, 4) is 11.1 Å². The van der Waals surface area contributed by atoms with Gasteiger partial charge in [0, 0.05) is 6.54 Å². The number of rotatable bonds is 10. The highest BCUT2D eigenvalue weighted by Gasteiger charge is 2.50. The van der Waals surface area contributed by atoms with Crippen LogP contribution in [0.5, 0.6) is 0 Å². The maximum atomic E-state index is 12.9. The van der Waals surface area contributed by atoms with Crippen LogP contribution in [0.15, 0.2) is 73.6 Å². The number of aryl methyl sites for hydroxylation is 1. The molecule has 3 N–H and O–H groups in total. The maximum absolute atomic E-state index is 12.9. The van der Waals surface area contributed by atoms with E-state index in [0.29, 0.717) is 35.5 Å². The number of benzene rings is 2. The number of ether oxygens (including phenoxy) is 1. The van der Waals surface area contributed by atoms with E-state index in [1.54, 1.807) is 24.0 Å². The molecule has 0 fully saturated rings. The number of carboxylic acid groups (broad SMARTS) is 1. The second kappa shape index (κ2) is 11.8. The molecule has 10 heteroatoms. The molecule has 3 aromatic rings. The molecule has 43 heavy (non-hydrogen) atoms. The van der Waals surface area contributed by atoms with Crippen molar-refractivity contribution in [2.45, 2.75) is 91.1 Å². The average molecular weight is 593 g/mol. The number of nitrogens with one attached hydrogen (secondary N) is 1. The van der Waals surface area contributed by atoms with Gasteiger partial charge in [0.25, 0.3) is 0 Å². The SMILES string of the molecule is CCCC1(Cc2oc(=O)oc2C)NC(C(C)(C)O)=C(C(=O)O)N1Cc1ccc(-c2ccccc2C(=O)OC(C)(C)C)cc1. The molecule has 0 saturated heterocycles. The Bertz CT molecular complexity index is 1580. The van der Waals surface area contributed by atoms with Gasteiger partial charge in [-0.05, 0) is 70.7 Å². The number of carbonyl (C=O) groups is 2. The van der Waals surface area contributed by atoms with Gasteiger partial charge >= 0.3 is 17.8 Å². The fourth-order valence-electron chi connectivity index (χ4n) is 5.46. The zero-order valence-corrected chi connectivity index (χ0v) is 25.7. The number of aliphatic hydroxyl groups is 1. The molecule has 1 aliphatic rings. The monoisotopic (exact) mass is 592 g/mol. The topological polar surface area (TPSA) is 142 Å². The largest absolute Gasteiger partial charge is 0.519 e. The zero-order chi connectivity index (χ0) is 31.7. The Balaban J connectivity index is 1.75. The lowest BCUT2D eigenvalue weighted by molar-refractivity contribution is -0.135. The normalized spacial score (nSPS) is 17.3. The van der Waals surface area contributed by atoms with Crippen molar-refractivity contribution in [2.24, 2.45) is 0 Å². The third kappa shape index (κ3) is 6.85. The molecule has 0 bridgehead atoms. The second-order valence-corrected chi connectivity index (χ2v) is 12.4. The second-order valence-electron chi connectivity index (χ2n) is 12.4. The number of aliphatic carboxylic acids is 1. The minimum absolute atomic E-state index is 0.0659. The van der Waals surface area contributed by atoms with Crippen LogP contribution in [0, 0.1) is 6.92 Å². The van der Waals surface area contributed by atoms with E-state index in [4.69, 9.17) is 13.6 Å². The lowest BCUT2D eigenvalue weighted by Gasteiger charge is -2.41. The Morgan fingerprint density at radius 2 is 1.67 bits per heavy atom. The van der Waals surface area contributed by atoms with Gasteiger partial charge in [0.15, 0.2) is 5.76 Å². The predicted octanol–water partition coefficient (Wildman–Crippen LogP) is 5.37. The van der Waals surface area contributed by atoms with E-state index in [0.717, 1.165) is 11.1 Å². The number of esters is 1. The number of nitrogens with zero attached hydrogens (tertiary/aromatic N) is 1. The van der Waals surface area contributed by atoms with E-state index in [2.05, 4.69) is 5.32 Å². The number of carboxylic acids is 1. The molecule has 4 rings (SSSR count). The van der Waals surface area contributed by atoms with Crippen LogP contribution >= 0.6 is 0 Å². The van der Waals surface area contributed by atoms with Gasteiger partial charge < -0.3 is 34.0 Å². The third-order valence-corrected chi connectivity index (χ3v) is 7.30. The summed E-state index contributed by atoms with van der Waals surface area (Å²) in [6, 6.07) is 14.7. The van der Waals surface area contributed by atoms with Gasteiger partial charge in [-0.25, -0.2) is 14.4 Å². The highest BCUT2D eigenvalue weighted by molar-refractivity contribution is 5.97. The number of hydrogen-bond acceptors (Lipinski definition) is 9. The minimum atomic E-state index is -1.50. The molecule has 2 aromatic carbocycles. The summed E-state index contributed by atoms with van der Waals surface area (Å²) in [6.45, 7) is 12.3. The van der Waals surface area contributed by atoms with Crippen molar-refractivity contribution < 1.29 is 33.4 Å². The molecule has 0 radical (unpaired) electrons. The zero-order valence-electron chi connectivity index (χ0n) is 25.7. The van der Waals surface area contributed by atoms with Gasteiger partial charge in [0.05, 0.1) is 17.7 Å². The van der Waals surface area contributed by atoms with Crippen LogP contribution in [-0.4, -0.2) is 43.9 Å². The van der Waals surface area contributed by atoms with Crippen LogP contribution in [-0.2, 0) is 22.5 Å². The molecule has 2 heterocycles. The highest BCUT2D eigenvalue weighted by atomic mass is 16.6. The van der Waals surface area contributed by atoms with Crippen LogP contribution in [0.25, 0.3) is 11.1 Å². The van der Waals surface area contributed by atoms with Gasteiger partial charge in [-0.2, -0.15) is 0 Å². The first-order chi connectivity index (χ1) is 20.0. The highest BCUT2D eigenvalue weighted by Crippen LogP contribution is 2.40. The Morgan fingerprint density at radius 3 is 2.21 bits per heavy atom. The molecule has 0 spiro atoms. The van der Waals surface area contributed by atoms with Crippen molar-refractivity contribution >= 4 is 11.9 Å². The van der Waals surface area contributed by atoms with Gasteiger partial charge in [-0.3, -0.25) is 0 Å². The molecule has 0 aliphatic carbocycles. The quantitative estimate of drug-likeness (QED) is 0.263. The summed E-state index contributed by atoms with van der Waals surface area (Å²) in [7, 11) is 0. The van der Waals surface area contributed by atoms with E-state index >= 15 is 0 Å². The molecule has 10 nitrogen and oxygen atoms in total. The van der Waals surface area contributed by atoms with Crippen LogP contribution < -0.4 is 11.1 Å². The van der Waals surface area contributed by atoms with Crippen LogP contribution in [0.3, 0.4) is 0 Å². The van der Waals surface area contributed by atoms with E-state index in [9.17, 15) is 24.6 Å². The van der Waals surface area contributed by atoms with E-state index in [-0.39, 0.29) is 24.4 Å². The summed E-state index contributed by atoms with van der Waals surface area (Å²) in [6.07, 6.45) is 1.26. The van der Waals surface area contributed by atoms with Crippen molar-refractivity contribution in [3.63, 3.8) is 0 Å². The molecular formula is C33H40N2O8. The van der Waals surface area contributed by atoms with Gasteiger partial charge in [0.1, 0.15) is 28.3 Å². The van der Waals surface area contributed by atoms with Gasteiger partial charge in [0.2, 0.25) is 0 Å². The van der Waals surface area contributed by atoms with Crippen molar-refractivity contribution in [2.75, 3.05) is 0 Å².